The maximum atomic E-state index is 12.9. The predicted octanol–water partition coefficient (Wildman–Crippen LogP) is 4.67. The summed E-state index contributed by atoms with van der Waals surface area (Å²) in [6.45, 7) is 0. The average molecular weight is 307 g/mol. The number of halogens is 2. The molecule has 2 aromatic heterocycles. The van der Waals surface area contributed by atoms with E-state index in [1.807, 2.05) is 17.5 Å². The van der Waals surface area contributed by atoms with Crippen molar-refractivity contribution in [2.24, 2.45) is 0 Å². The van der Waals surface area contributed by atoms with Gasteiger partial charge in [0.1, 0.15) is 10.8 Å². The van der Waals surface area contributed by atoms with Gasteiger partial charge in [0, 0.05) is 10.4 Å². The molecule has 0 spiro atoms. The van der Waals surface area contributed by atoms with Crippen LogP contribution in [0.15, 0.2) is 46.3 Å². The lowest BCUT2D eigenvalue weighted by atomic mass is 10.2. The van der Waals surface area contributed by atoms with Crippen molar-refractivity contribution < 1.29 is 8.91 Å². The molecule has 1 aromatic carbocycles. The molecular weight excluding hydrogens is 299 g/mol. The van der Waals surface area contributed by atoms with Gasteiger partial charge in [0.2, 0.25) is 5.82 Å². The second kappa shape index (κ2) is 5.56. The van der Waals surface area contributed by atoms with Crippen LogP contribution in [0.25, 0.3) is 22.5 Å². The summed E-state index contributed by atoms with van der Waals surface area (Å²) in [6.07, 6.45) is 1.76. The summed E-state index contributed by atoms with van der Waals surface area (Å²) in [7, 11) is 0. The van der Waals surface area contributed by atoms with Crippen molar-refractivity contribution in [2.75, 3.05) is 0 Å². The minimum Gasteiger partial charge on any atom is -0.333 e. The molecule has 0 bridgehead atoms. The average Bonchev–Trinajstić information content (AvgIpc) is 3.10. The third-order valence-electron chi connectivity index (χ3n) is 2.54. The molecule has 0 aliphatic rings. The third kappa shape index (κ3) is 2.79. The summed E-state index contributed by atoms with van der Waals surface area (Å²) in [4.78, 5) is 5.19. The summed E-state index contributed by atoms with van der Waals surface area (Å²) < 4.78 is 18.0. The third-order valence-corrected chi connectivity index (χ3v) is 3.64. The summed E-state index contributed by atoms with van der Waals surface area (Å²) in [5.41, 5.74) is 0.669. The van der Waals surface area contributed by atoms with Gasteiger partial charge in [-0.3, -0.25) is 0 Å². The van der Waals surface area contributed by atoms with Crippen molar-refractivity contribution in [1.82, 2.24) is 10.1 Å². The molecule has 2 heterocycles. The highest BCUT2D eigenvalue weighted by atomic mass is 35.5. The van der Waals surface area contributed by atoms with Crippen molar-refractivity contribution in [1.29, 1.82) is 0 Å². The Labute approximate surface area is 123 Å². The fourth-order valence-electron chi connectivity index (χ4n) is 1.60. The van der Waals surface area contributed by atoms with Crippen LogP contribution < -0.4 is 0 Å². The van der Waals surface area contributed by atoms with Crippen LogP contribution in [0.3, 0.4) is 0 Å². The first kappa shape index (κ1) is 13.0. The van der Waals surface area contributed by atoms with Crippen LogP contribution >= 0.6 is 22.9 Å². The molecule has 6 heteroatoms. The van der Waals surface area contributed by atoms with E-state index in [-0.39, 0.29) is 11.7 Å². The van der Waals surface area contributed by atoms with E-state index in [1.165, 1.54) is 12.1 Å². The van der Waals surface area contributed by atoms with E-state index in [1.54, 1.807) is 29.5 Å². The molecule has 20 heavy (non-hydrogen) atoms. The Bertz CT molecular complexity index is 735. The van der Waals surface area contributed by atoms with E-state index in [2.05, 4.69) is 10.1 Å². The number of hydrogen-bond acceptors (Lipinski definition) is 4. The number of thiophene rings is 1. The predicted molar refractivity (Wildman–Crippen MR) is 77.7 cm³/mol. The molecule has 0 saturated carbocycles. The van der Waals surface area contributed by atoms with Gasteiger partial charge in [-0.15, -0.1) is 11.3 Å². The topological polar surface area (TPSA) is 38.9 Å². The van der Waals surface area contributed by atoms with Gasteiger partial charge in [0.15, 0.2) is 0 Å². The van der Waals surface area contributed by atoms with Crippen molar-refractivity contribution in [3.05, 3.63) is 58.4 Å². The fraction of sp³-hybridized carbons (Fsp3) is 0. The quantitative estimate of drug-likeness (QED) is 0.705. The van der Waals surface area contributed by atoms with Crippen molar-refractivity contribution >= 4 is 34.0 Å². The monoisotopic (exact) mass is 306 g/mol. The van der Waals surface area contributed by atoms with E-state index in [0.717, 1.165) is 4.88 Å². The normalized spacial score (nSPS) is 11.8. The zero-order chi connectivity index (χ0) is 13.9. The first-order valence-electron chi connectivity index (χ1n) is 5.73. The minimum absolute atomic E-state index is 0.236. The first-order chi connectivity index (χ1) is 9.72. The number of aromatic nitrogens is 2. The van der Waals surface area contributed by atoms with E-state index in [4.69, 9.17) is 16.1 Å². The maximum absolute atomic E-state index is 12.9. The molecule has 0 fully saturated rings. The van der Waals surface area contributed by atoms with Crippen LogP contribution in [-0.2, 0) is 0 Å². The molecule has 0 atom stereocenters. The molecule has 0 radical (unpaired) electrons. The van der Waals surface area contributed by atoms with Crippen molar-refractivity contribution in [3.63, 3.8) is 0 Å². The van der Waals surface area contributed by atoms with E-state index >= 15 is 0 Å². The molecular formula is C14H8ClFN2OS. The van der Waals surface area contributed by atoms with Crippen molar-refractivity contribution in [2.45, 2.75) is 0 Å². The second-order valence-electron chi connectivity index (χ2n) is 3.94. The molecule has 3 rings (SSSR count). The van der Waals surface area contributed by atoms with Crippen LogP contribution in [0.5, 0.6) is 0 Å². The lowest BCUT2D eigenvalue weighted by Crippen LogP contribution is -1.82. The van der Waals surface area contributed by atoms with Gasteiger partial charge >= 0.3 is 0 Å². The standard InChI is InChI=1S/C14H8ClFN2OS/c15-12(8-11-2-1-7-20-11)14-17-13(18-19-14)9-3-5-10(16)6-4-9/h1-8H/b12-8-. The Balaban J connectivity index is 1.88. The second-order valence-corrected chi connectivity index (χ2v) is 5.32. The van der Waals surface area contributed by atoms with E-state index in [0.29, 0.717) is 16.4 Å². The Morgan fingerprint density at radius 2 is 2.05 bits per heavy atom. The van der Waals surface area contributed by atoms with Gasteiger partial charge in [-0.2, -0.15) is 4.98 Å². The molecule has 0 aliphatic carbocycles. The number of rotatable bonds is 3. The van der Waals surface area contributed by atoms with Crippen LogP contribution in [-0.4, -0.2) is 10.1 Å². The van der Waals surface area contributed by atoms with Crippen LogP contribution in [0.4, 0.5) is 4.39 Å². The fourth-order valence-corrected chi connectivity index (χ4v) is 2.51. The molecule has 0 aliphatic heterocycles. The van der Waals surface area contributed by atoms with Gasteiger partial charge in [-0.1, -0.05) is 22.8 Å². The molecule has 0 saturated heterocycles. The van der Waals surface area contributed by atoms with Gasteiger partial charge in [-0.25, -0.2) is 4.39 Å². The summed E-state index contributed by atoms with van der Waals surface area (Å²) >= 11 is 7.69. The highest BCUT2D eigenvalue weighted by Gasteiger charge is 2.11. The highest BCUT2D eigenvalue weighted by molar-refractivity contribution is 7.11. The SMILES string of the molecule is Fc1ccc(-c2noc(/C(Cl)=C/c3cccs3)n2)cc1. The minimum atomic E-state index is -0.312. The number of benzene rings is 1. The zero-order valence-electron chi connectivity index (χ0n) is 10.1. The molecule has 0 N–H and O–H groups in total. The van der Waals surface area contributed by atoms with Gasteiger partial charge in [-0.05, 0) is 41.8 Å². The van der Waals surface area contributed by atoms with Crippen LogP contribution in [0.1, 0.15) is 10.8 Å². The maximum Gasteiger partial charge on any atom is 0.269 e. The molecule has 0 amide bonds. The Kier molecular flexibility index (Phi) is 3.62. The lowest BCUT2D eigenvalue weighted by molar-refractivity contribution is 0.410. The molecule has 0 unspecified atom stereocenters. The Morgan fingerprint density at radius 1 is 1.25 bits per heavy atom. The number of hydrogen-bond donors (Lipinski definition) is 0. The van der Waals surface area contributed by atoms with E-state index in [9.17, 15) is 4.39 Å². The largest absolute Gasteiger partial charge is 0.333 e. The van der Waals surface area contributed by atoms with Crippen LogP contribution in [0, 0.1) is 5.82 Å². The number of nitrogens with zero attached hydrogens (tertiary/aromatic N) is 2. The summed E-state index contributed by atoms with van der Waals surface area (Å²) in [6, 6.07) is 9.72. The Morgan fingerprint density at radius 3 is 2.75 bits per heavy atom. The first-order valence-corrected chi connectivity index (χ1v) is 6.99. The smallest absolute Gasteiger partial charge is 0.269 e. The molecule has 3 aromatic rings. The zero-order valence-corrected chi connectivity index (χ0v) is 11.7. The highest BCUT2D eigenvalue weighted by Crippen LogP contribution is 2.25. The van der Waals surface area contributed by atoms with E-state index < -0.39 is 0 Å². The lowest BCUT2D eigenvalue weighted by Gasteiger charge is -1.92. The van der Waals surface area contributed by atoms with Crippen molar-refractivity contribution in [3.8, 4) is 11.4 Å². The Hall–Kier alpha value is -1.98. The summed E-state index contributed by atoms with van der Waals surface area (Å²) in [5, 5.41) is 6.16. The molecule has 3 nitrogen and oxygen atoms in total. The van der Waals surface area contributed by atoms with Gasteiger partial charge in [0.25, 0.3) is 5.89 Å². The summed E-state index contributed by atoms with van der Waals surface area (Å²) in [5.74, 6) is 0.296. The van der Waals surface area contributed by atoms with Gasteiger partial charge < -0.3 is 4.52 Å². The van der Waals surface area contributed by atoms with Crippen LogP contribution in [0.2, 0.25) is 0 Å². The molecule has 100 valence electrons. The van der Waals surface area contributed by atoms with Gasteiger partial charge in [0.05, 0.1) is 0 Å².